The molecular formula is C52H37NO. The zero-order valence-corrected chi connectivity index (χ0v) is 30.3. The number of para-hydroxylation sites is 2. The number of hydrogen-bond donors (Lipinski definition) is 0. The third-order valence-electron chi connectivity index (χ3n) is 12.1. The van der Waals surface area contributed by atoms with Crippen molar-refractivity contribution >= 4 is 39.0 Å². The van der Waals surface area contributed by atoms with Gasteiger partial charge in [0.05, 0.1) is 11.1 Å². The van der Waals surface area contributed by atoms with Crippen LogP contribution in [0.15, 0.2) is 192 Å². The van der Waals surface area contributed by atoms with Crippen LogP contribution < -0.4 is 4.90 Å². The number of benzene rings is 8. The first-order valence-corrected chi connectivity index (χ1v) is 18.9. The Hall–Kier alpha value is -6.64. The van der Waals surface area contributed by atoms with Crippen LogP contribution in [0.5, 0.6) is 0 Å². The van der Waals surface area contributed by atoms with E-state index in [1.807, 2.05) is 0 Å². The molecule has 0 N–H and O–H groups in total. The fourth-order valence-corrected chi connectivity index (χ4v) is 9.83. The Bertz CT molecular complexity index is 2870. The van der Waals surface area contributed by atoms with Crippen LogP contribution in [0.3, 0.4) is 0 Å². The van der Waals surface area contributed by atoms with Gasteiger partial charge in [-0.25, -0.2) is 0 Å². The number of hydrogen-bond acceptors (Lipinski definition) is 2. The minimum Gasteiger partial charge on any atom is -0.456 e. The van der Waals surface area contributed by atoms with Gasteiger partial charge >= 0.3 is 0 Å². The van der Waals surface area contributed by atoms with Gasteiger partial charge in [0.15, 0.2) is 0 Å². The lowest BCUT2D eigenvalue weighted by atomic mass is 9.67. The molecule has 1 aromatic heterocycles. The highest BCUT2D eigenvalue weighted by Gasteiger charge is 2.47. The van der Waals surface area contributed by atoms with Crippen molar-refractivity contribution in [1.82, 2.24) is 0 Å². The lowest BCUT2D eigenvalue weighted by Gasteiger charge is -2.33. The average molecular weight is 692 g/mol. The molecule has 9 aromatic rings. The van der Waals surface area contributed by atoms with E-state index in [1.54, 1.807) is 0 Å². The van der Waals surface area contributed by atoms with Gasteiger partial charge in [-0.05, 0) is 74.8 Å². The smallest absolute Gasteiger partial charge is 0.140 e. The highest BCUT2D eigenvalue weighted by Crippen LogP contribution is 2.58. The van der Waals surface area contributed by atoms with Crippen LogP contribution in [0, 0.1) is 0 Å². The molecule has 2 aliphatic rings. The van der Waals surface area contributed by atoms with Crippen molar-refractivity contribution in [1.29, 1.82) is 0 Å². The SMILES string of the molecule is CC1(C)c2ccccc2-c2c(N(c3ccccc3)c3ccc4c(c3)oc3c(C5(c6ccccc6)c6ccccc6-c6ccccc65)cccc34)cccc21. The Morgan fingerprint density at radius 2 is 1.00 bits per heavy atom. The maximum atomic E-state index is 7.19. The molecule has 2 nitrogen and oxygen atoms in total. The third kappa shape index (κ3) is 4.11. The summed E-state index contributed by atoms with van der Waals surface area (Å²) in [4.78, 5) is 2.40. The van der Waals surface area contributed by atoms with E-state index in [4.69, 9.17) is 4.42 Å². The molecular weight excluding hydrogens is 655 g/mol. The maximum absolute atomic E-state index is 7.19. The van der Waals surface area contributed by atoms with E-state index >= 15 is 0 Å². The predicted octanol–water partition coefficient (Wildman–Crippen LogP) is 13.7. The van der Waals surface area contributed by atoms with Crippen LogP contribution in [0.1, 0.15) is 47.2 Å². The summed E-state index contributed by atoms with van der Waals surface area (Å²) in [6, 6.07) is 68.6. The second-order valence-electron chi connectivity index (χ2n) is 15.2. The molecule has 2 heteroatoms. The van der Waals surface area contributed by atoms with Crippen molar-refractivity contribution < 1.29 is 4.42 Å². The van der Waals surface area contributed by atoms with E-state index in [2.05, 4.69) is 207 Å². The Balaban J connectivity index is 1.17. The van der Waals surface area contributed by atoms with E-state index in [9.17, 15) is 0 Å². The van der Waals surface area contributed by atoms with Gasteiger partial charge in [-0.3, -0.25) is 0 Å². The molecule has 0 radical (unpaired) electrons. The largest absolute Gasteiger partial charge is 0.456 e. The summed E-state index contributed by atoms with van der Waals surface area (Å²) in [6.07, 6.45) is 0. The summed E-state index contributed by atoms with van der Waals surface area (Å²) in [7, 11) is 0. The maximum Gasteiger partial charge on any atom is 0.140 e. The zero-order chi connectivity index (χ0) is 36.0. The minimum atomic E-state index is -0.550. The average Bonchev–Trinajstić information content (AvgIpc) is 3.83. The van der Waals surface area contributed by atoms with Gasteiger partial charge < -0.3 is 9.32 Å². The molecule has 0 unspecified atom stereocenters. The molecule has 0 aliphatic heterocycles. The topological polar surface area (TPSA) is 16.4 Å². The van der Waals surface area contributed by atoms with Gasteiger partial charge in [-0.2, -0.15) is 0 Å². The summed E-state index contributed by atoms with van der Waals surface area (Å²) in [5.41, 5.74) is 17.2. The molecule has 0 saturated heterocycles. The van der Waals surface area contributed by atoms with Crippen molar-refractivity contribution in [2.24, 2.45) is 0 Å². The van der Waals surface area contributed by atoms with Crippen LogP contribution in [0.2, 0.25) is 0 Å². The lowest BCUT2D eigenvalue weighted by molar-refractivity contribution is 0.648. The van der Waals surface area contributed by atoms with Crippen molar-refractivity contribution in [2.45, 2.75) is 24.7 Å². The highest BCUT2D eigenvalue weighted by atomic mass is 16.3. The summed E-state index contributed by atoms with van der Waals surface area (Å²) < 4.78 is 7.19. The van der Waals surface area contributed by atoms with Gasteiger partial charge in [-0.15, -0.1) is 0 Å². The molecule has 1 heterocycles. The van der Waals surface area contributed by atoms with E-state index in [0.717, 1.165) is 44.6 Å². The summed E-state index contributed by atoms with van der Waals surface area (Å²) in [5, 5.41) is 2.23. The highest BCUT2D eigenvalue weighted by molar-refractivity contribution is 6.08. The van der Waals surface area contributed by atoms with Gasteiger partial charge in [0.2, 0.25) is 0 Å². The molecule has 0 saturated carbocycles. The molecule has 54 heavy (non-hydrogen) atoms. The second-order valence-corrected chi connectivity index (χ2v) is 15.2. The van der Waals surface area contributed by atoms with Crippen LogP contribution in [0.25, 0.3) is 44.2 Å². The van der Waals surface area contributed by atoms with Crippen LogP contribution >= 0.6 is 0 Å². The van der Waals surface area contributed by atoms with E-state index in [1.165, 1.54) is 50.1 Å². The van der Waals surface area contributed by atoms with Crippen LogP contribution in [-0.4, -0.2) is 0 Å². The Morgan fingerprint density at radius 3 is 1.72 bits per heavy atom. The summed E-state index contributed by atoms with van der Waals surface area (Å²) >= 11 is 0. The molecule has 0 bridgehead atoms. The van der Waals surface area contributed by atoms with Crippen molar-refractivity contribution in [2.75, 3.05) is 4.90 Å². The van der Waals surface area contributed by atoms with Gasteiger partial charge in [0, 0.05) is 44.8 Å². The van der Waals surface area contributed by atoms with E-state index in [-0.39, 0.29) is 5.41 Å². The Kier molecular flexibility index (Phi) is 6.55. The number of anilines is 3. The number of rotatable bonds is 5. The van der Waals surface area contributed by atoms with E-state index in [0.29, 0.717) is 0 Å². The first kappa shape index (κ1) is 30.9. The third-order valence-corrected chi connectivity index (χ3v) is 12.1. The fourth-order valence-electron chi connectivity index (χ4n) is 9.83. The Labute approximate surface area is 315 Å². The monoisotopic (exact) mass is 691 g/mol. The molecule has 0 amide bonds. The standard InChI is InChI=1S/C52H37NO/c1-51(2)42-25-12-11-23-41(42)49-45(51)28-16-30-47(49)53(35-19-7-4-8-20-35)36-31-32-39-40-24-15-29-46(50(40)54-48(39)33-36)52(34-17-5-3-6-18-34)43-26-13-9-21-37(43)38-22-10-14-27-44(38)52/h3-33H,1-2H3. The molecule has 256 valence electrons. The molecule has 0 atom stereocenters. The van der Waals surface area contributed by atoms with Gasteiger partial charge in [0.1, 0.15) is 11.2 Å². The minimum absolute atomic E-state index is 0.102. The first-order chi connectivity index (χ1) is 26.6. The summed E-state index contributed by atoms with van der Waals surface area (Å²) in [5.74, 6) is 0. The van der Waals surface area contributed by atoms with Gasteiger partial charge in [-0.1, -0.05) is 166 Å². The first-order valence-electron chi connectivity index (χ1n) is 18.9. The number of furan rings is 1. The van der Waals surface area contributed by atoms with E-state index < -0.39 is 5.41 Å². The molecule has 8 aromatic carbocycles. The van der Waals surface area contributed by atoms with Crippen LogP contribution in [0.4, 0.5) is 17.1 Å². The Morgan fingerprint density at radius 1 is 0.426 bits per heavy atom. The second kappa shape index (κ2) is 11.4. The number of fused-ring (bicyclic) bond motifs is 9. The fraction of sp³-hybridized carbons (Fsp3) is 0.0769. The lowest BCUT2D eigenvalue weighted by Crippen LogP contribution is -2.28. The summed E-state index contributed by atoms with van der Waals surface area (Å²) in [6.45, 7) is 4.69. The quantitative estimate of drug-likeness (QED) is 0.179. The molecule has 0 spiro atoms. The van der Waals surface area contributed by atoms with Crippen molar-refractivity contribution in [3.63, 3.8) is 0 Å². The number of nitrogens with zero attached hydrogens (tertiary/aromatic N) is 1. The van der Waals surface area contributed by atoms with Crippen LogP contribution in [-0.2, 0) is 10.8 Å². The molecule has 2 aliphatic carbocycles. The van der Waals surface area contributed by atoms with Crippen molar-refractivity contribution in [3.8, 4) is 22.3 Å². The zero-order valence-electron chi connectivity index (χ0n) is 30.3. The molecule has 11 rings (SSSR count). The predicted molar refractivity (Wildman–Crippen MR) is 223 cm³/mol. The molecule has 0 fully saturated rings. The van der Waals surface area contributed by atoms with Gasteiger partial charge in [0.25, 0.3) is 0 Å². The van der Waals surface area contributed by atoms with Crippen molar-refractivity contribution in [3.05, 3.63) is 221 Å². The normalized spacial score (nSPS) is 14.4.